The Kier molecular flexibility index (Phi) is 14.4. The average molecular weight is 960 g/mol. The molecule has 0 bridgehead atoms. The highest BCUT2D eigenvalue weighted by atomic mass is 32.3. The number of nitrogens with one attached hydrogen (secondary N) is 2. The molecule has 0 atom stereocenters. The lowest BCUT2D eigenvalue weighted by Gasteiger charge is -2.11. The third kappa shape index (κ3) is 11.7. The number of aryl methyl sites for hydroxylation is 4. The zero-order valence-electron chi connectivity index (χ0n) is 34.8. The first-order chi connectivity index (χ1) is 31.6. The molecule has 17 heteroatoms. The molecule has 0 radical (unpaired) electrons. The molecule has 4 N–H and O–H groups in total. The first-order valence-electron chi connectivity index (χ1n) is 20.2. The van der Waals surface area contributed by atoms with Gasteiger partial charge in [-0.3, -0.25) is 14.4 Å². The number of pyridine rings is 1. The molecule has 0 aliphatic rings. The number of nitrogens with zero attached hydrogens (tertiary/aromatic N) is 1. The van der Waals surface area contributed by atoms with E-state index in [0.717, 1.165) is 27.6 Å². The number of benzene rings is 6. The summed E-state index contributed by atoms with van der Waals surface area (Å²) in [5.74, 6) is -1.92. The molecule has 0 amide bonds. The minimum absolute atomic E-state index is 0.0496. The number of carboxylic acids is 2. The maximum Gasteiger partial charge on any atom is 0.335 e. The molecule has 0 unspecified atom stereocenters. The van der Waals surface area contributed by atoms with E-state index in [2.05, 4.69) is 14.4 Å². The van der Waals surface area contributed by atoms with Crippen LogP contribution < -0.4 is 9.44 Å². The van der Waals surface area contributed by atoms with Crippen molar-refractivity contribution in [3.8, 4) is 0 Å². The summed E-state index contributed by atoms with van der Waals surface area (Å²) >= 11 is 0.693. The number of sulfonamides is 2. The third-order valence-electron chi connectivity index (χ3n) is 10.2. The molecule has 66 heavy (non-hydrogen) atoms. The first kappa shape index (κ1) is 46.8. The number of aromatic nitrogens is 1. The number of carboxylic acid groups (broad SMARTS) is 2. The number of carbonyl (C=O) groups is 2. The van der Waals surface area contributed by atoms with Crippen molar-refractivity contribution in [1.29, 1.82) is 0 Å². The van der Waals surface area contributed by atoms with Gasteiger partial charge in [-0.1, -0.05) is 84.9 Å². The molecule has 0 aliphatic heterocycles. The molecular formula is C49H41N3O10S4. The fourth-order valence-corrected chi connectivity index (χ4v) is 12.3. The number of aromatic carboxylic acids is 2. The standard InChI is InChI=1S/C25H21NO6S3.C24H20N2O4S/c27-25(28)20-6-4-5-19(17-20)10-9-18-11-13-21(14-12-18)26-35(31,32)24-16-15-23(33-24)34(29,30)22-7-2-1-3-8-22;27-24(28)20-6-1-4-18(16-20)10-9-17-11-13-21(14-12-17)26-31(29,30)22-8-2-5-19-7-3-15-25-23(19)22/h1-8,11-17,26H,9-10H2,(H,27,28);1-8,11-16,26H,9-10H2,(H,27,28). The Bertz CT molecular complexity index is 3360. The molecule has 2 aromatic heterocycles. The fraction of sp³-hybridized carbons (Fsp3) is 0.0816. The molecule has 0 saturated carbocycles. The Morgan fingerprint density at radius 2 is 0.970 bits per heavy atom. The highest BCUT2D eigenvalue weighted by Gasteiger charge is 2.24. The van der Waals surface area contributed by atoms with Crippen molar-refractivity contribution in [2.24, 2.45) is 0 Å². The average Bonchev–Trinajstić information content (AvgIpc) is 3.85. The van der Waals surface area contributed by atoms with Crippen LogP contribution in [0, 0.1) is 0 Å². The fourth-order valence-electron chi connectivity index (χ4n) is 6.79. The number of rotatable bonds is 16. The SMILES string of the molecule is O=C(O)c1cccc(CCc2ccc(NS(=O)(=O)c3ccc(S(=O)(=O)c4ccccc4)s3)cc2)c1.O=C(O)c1cccc(CCc2ccc(NS(=O)(=O)c3cccc4cccnc34)cc2)c1. The number of fused-ring (bicyclic) bond motifs is 1. The molecule has 8 rings (SSSR count). The van der Waals surface area contributed by atoms with Crippen molar-refractivity contribution < 1.29 is 45.1 Å². The van der Waals surface area contributed by atoms with Crippen molar-refractivity contribution in [1.82, 2.24) is 4.98 Å². The monoisotopic (exact) mass is 959 g/mol. The van der Waals surface area contributed by atoms with Gasteiger partial charge in [0, 0.05) is 23.0 Å². The van der Waals surface area contributed by atoms with Gasteiger partial charge in [0.2, 0.25) is 9.84 Å². The smallest absolute Gasteiger partial charge is 0.335 e. The van der Waals surface area contributed by atoms with Gasteiger partial charge < -0.3 is 10.2 Å². The van der Waals surface area contributed by atoms with Gasteiger partial charge in [0.15, 0.2) is 0 Å². The van der Waals surface area contributed by atoms with Gasteiger partial charge in [-0.2, -0.15) is 0 Å². The molecule has 13 nitrogen and oxygen atoms in total. The van der Waals surface area contributed by atoms with Crippen LogP contribution in [0.15, 0.2) is 194 Å². The summed E-state index contributed by atoms with van der Waals surface area (Å²) in [6, 6.07) is 46.7. The molecule has 0 spiro atoms. The first-order valence-corrected chi connectivity index (χ1v) is 25.5. The maximum absolute atomic E-state index is 12.9. The molecular weight excluding hydrogens is 919 g/mol. The van der Waals surface area contributed by atoms with Gasteiger partial charge in [0.1, 0.15) is 13.3 Å². The Hall–Kier alpha value is -7.18. The van der Waals surface area contributed by atoms with Crippen molar-refractivity contribution >= 4 is 75.4 Å². The second-order valence-corrected chi connectivity index (χ2v) is 21.7. The van der Waals surface area contributed by atoms with Crippen LogP contribution in [-0.4, -0.2) is 52.4 Å². The predicted molar refractivity (Wildman–Crippen MR) is 254 cm³/mol. The summed E-state index contributed by atoms with van der Waals surface area (Å²) < 4.78 is 81.9. The second-order valence-electron chi connectivity index (χ2n) is 14.8. The minimum Gasteiger partial charge on any atom is -0.478 e. The van der Waals surface area contributed by atoms with Gasteiger partial charge in [-0.25, -0.2) is 34.8 Å². The van der Waals surface area contributed by atoms with Crippen LogP contribution in [0.1, 0.15) is 43.0 Å². The number of para-hydroxylation sites is 1. The van der Waals surface area contributed by atoms with Gasteiger partial charge in [-0.15, -0.1) is 11.3 Å². The van der Waals surface area contributed by atoms with Crippen LogP contribution in [0.4, 0.5) is 11.4 Å². The molecule has 6 aromatic carbocycles. The summed E-state index contributed by atoms with van der Waals surface area (Å²) in [7, 11) is -11.6. The summed E-state index contributed by atoms with van der Waals surface area (Å²) in [5, 5.41) is 19.0. The Balaban J connectivity index is 0.000000198. The summed E-state index contributed by atoms with van der Waals surface area (Å²) in [6.45, 7) is 0. The number of hydrogen-bond acceptors (Lipinski definition) is 10. The van der Waals surface area contributed by atoms with E-state index in [9.17, 15) is 34.8 Å². The van der Waals surface area contributed by atoms with E-state index in [-0.39, 0.29) is 29.3 Å². The van der Waals surface area contributed by atoms with Crippen molar-refractivity contribution in [3.05, 3.63) is 209 Å². The van der Waals surface area contributed by atoms with E-state index in [1.54, 1.807) is 109 Å². The van der Waals surface area contributed by atoms with Crippen LogP contribution in [0.5, 0.6) is 0 Å². The van der Waals surface area contributed by atoms with Gasteiger partial charge >= 0.3 is 11.9 Å². The number of hydrogen-bond donors (Lipinski definition) is 4. The summed E-state index contributed by atoms with van der Waals surface area (Å²) in [6.07, 6.45) is 4.27. The van der Waals surface area contributed by atoms with Crippen LogP contribution in [0.25, 0.3) is 10.9 Å². The van der Waals surface area contributed by atoms with E-state index in [0.29, 0.717) is 53.9 Å². The molecule has 2 heterocycles. The largest absolute Gasteiger partial charge is 0.478 e. The van der Waals surface area contributed by atoms with E-state index < -0.39 is 41.8 Å². The third-order valence-corrected chi connectivity index (χ3v) is 16.8. The number of thiophene rings is 1. The lowest BCUT2D eigenvalue weighted by atomic mass is 10.0. The predicted octanol–water partition coefficient (Wildman–Crippen LogP) is 9.38. The normalized spacial score (nSPS) is 11.6. The molecule has 0 saturated heterocycles. The lowest BCUT2D eigenvalue weighted by Crippen LogP contribution is -2.13. The van der Waals surface area contributed by atoms with Gasteiger partial charge in [0.05, 0.1) is 21.5 Å². The zero-order valence-corrected chi connectivity index (χ0v) is 38.1. The van der Waals surface area contributed by atoms with Crippen LogP contribution in [0.2, 0.25) is 0 Å². The molecule has 336 valence electrons. The molecule has 8 aromatic rings. The summed E-state index contributed by atoms with van der Waals surface area (Å²) in [5.41, 5.74) is 5.56. The number of sulfone groups is 1. The minimum atomic E-state index is -3.97. The summed E-state index contributed by atoms with van der Waals surface area (Å²) in [4.78, 5) is 26.7. The van der Waals surface area contributed by atoms with Crippen LogP contribution >= 0.6 is 11.3 Å². The van der Waals surface area contributed by atoms with Crippen molar-refractivity contribution in [3.63, 3.8) is 0 Å². The van der Waals surface area contributed by atoms with Crippen LogP contribution in [0.3, 0.4) is 0 Å². The lowest BCUT2D eigenvalue weighted by molar-refractivity contribution is 0.0686. The zero-order chi connectivity index (χ0) is 46.9. The molecule has 0 aliphatic carbocycles. The Morgan fingerprint density at radius 1 is 0.485 bits per heavy atom. The Labute approximate surface area is 386 Å². The van der Waals surface area contributed by atoms with Crippen molar-refractivity contribution in [2.75, 3.05) is 9.44 Å². The Morgan fingerprint density at radius 3 is 1.52 bits per heavy atom. The van der Waals surface area contributed by atoms with Crippen molar-refractivity contribution in [2.45, 2.75) is 43.9 Å². The second kappa shape index (κ2) is 20.3. The maximum atomic E-state index is 12.9. The number of anilines is 2. The van der Waals surface area contributed by atoms with E-state index in [1.807, 2.05) is 36.4 Å². The quantitative estimate of drug-likeness (QED) is 0.0716. The van der Waals surface area contributed by atoms with E-state index in [1.165, 1.54) is 30.3 Å². The van der Waals surface area contributed by atoms with Crippen LogP contribution in [-0.2, 0) is 55.6 Å². The topological polar surface area (TPSA) is 214 Å². The van der Waals surface area contributed by atoms with E-state index in [4.69, 9.17) is 10.2 Å². The van der Waals surface area contributed by atoms with Gasteiger partial charge in [0.25, 0.3) is 20.0 Å². The van der Waals surface area contributed by atoms with E-state index >= 15 is 0 Å². The highest BCUT2D eigenvalue weighted by Crippen LogP contribution is 2.31. The van der Waals surface area contributed by atoms with Gasteiger partial charge in [-0.05, 0) is 133 Å². The highest BCUT2D eigenvalue weighted by molar-refractivity contribution is 7.96. The molecule has 0 fully saturated rings.